The number of benzene rings is 2. The smallest absolute Gasteiger partial charge is 0.340 e. The van der Waals surface area contributed by atoms with Crippen molar-refractivity contribution in [3.05, 3.63) is 68.5 Å². The number of piperidine rings is 1. The van der Waals surface area contributed by atoms with E-state index in [1.54, 1.807) is 36.1 Å². The van der Waals surface area contributed by atoms with Gasteiger partial charge < -0.3 is 14.7 Å². The molecule has 1 fully saturated rings. The van der Waals surface area contributed by atoms with E-state index in [2.05, 4.69) is 0 Å². The highest BCUT2D eigenvalue weighted by atomic mass is 35.5. The van der Waals surface area contributed by atoms with E-state index in [0.717, 1.165) is 12.1 Å². The van der Waals surface area contributed by atoms with E-state index in [0.29, 0.717) is 10.6 Å². The molecule has 2 aromatic carbocycles. The van der Waals surface area contributed by atoms with Crippen LogP contribution in [0.4, 0.5) is 15.8 Å². The molecule has 1 heterocycles. The number of anilines is 1. The van der Waals surface area contributed by atoms with Gasteiger partial charge in [0.15, 0.2) is 5.82 Å². The van der Waals surface area contributed by atoms with Gasteiger partial charge in [0.1, 0.15) is 0 Å². The molecule has 0 aliphatic carbocycles. The SMILES string of the molecule is CCOC(=O)c1cc([N+](=O)[O-])cc(F)c1N1CCC(O)(c2ccccc2Cl)CC1. The van der Waals surface area contributed by atoms with Crippen LogP contribution in [0.3, 0.4) is 0 Å². The minimum absolute atomic E-state index is 0.0504. The van der Waals surface area contributed by atoms with E-state index < -0.39 is 28.0 Å². The Labute approximate surface area is 171 Å². The summed E-state index contributed by atoms with van der Waals surface area (Å²) < 4.78 is 19.8. The van der Waals surface area contributed by atoms with Gasteiger partial charge in [-0.1, -0.05) is 29.8 Å². The number of halogens is 2. The third-order valence-electron chi connectivity index (χ3n) is 5.04. The number of aliphatic hydroxyl groups is 1. The maximum atomic E-state index is 14.8. The summed E-state index contributed by atoms with van der Waals surface area (Å²) in [6.45, 7) is 2.09. The number of rotatable bonds is 5. The molecular weight excluding hydrogens is 403 g/mol. The third kappa shape index (κ3) is 4.18. The van der Waals surface area contributed by atoms with Crippen LogP contribution in [0.25, 0.3) is 0 Å². The average Bonchev–Trinajstić information content (AvgIpc) is 2.68. The van der Waals surface area contributed by atoms with E-state index >= 15 is 0 Å². The summed E-state index contributed by atoms with van der Waals surface area (Å²) in [7, 11) is 0. The zero-order valence-electron chi connectivity index (χ0n) is 15.7. The van der Waals surface area contributed by atoms with Crippen LogP contribution in [0.15, 0.2) is 36.4 Å². The average molecular weight is 423 g/mol. The van der Waals surface area contributed by atoms with Gasteiger partial charge in [-0.25, -0.2) is 9.18 Å². The van der Waals surface area contributed by atoms with Crippen molar-refractivity contribution in [2.75, 3.05) is 24.6 Å². The fraction of sp³-hybridized carbons (Fsp3) is 0.350. The molecular formula is C20H20ClFN2O5. The topological polar surface area (TPSA) is 92.9 Å². The van der Waals surface area contributed by atoms with Gasteiger partial charge in [-0.15, -0.1) is 0 Å². The van der Waals surface area contributed by atoms with Gasteiger partial charge in [0.05, 0.1) is 34.4 Å². The first-order chi connectivity index (χ1) is 13.8. The van der Waals surface area contributed by atoms with Crippen molar-refractivity contribution in [3.8, 4) is 0 Å². The zero-order chi connectivity index (χ0) is 21.2. The quantitative estimate of drug-likeness (QED) is 0.444. The number of carbonyl (C=O) groups excluding carboxylic acids is 1. The van der Waals surface area contributed by atoms with Crippen LogP contribution in [0.1, 0.15) is 35.7 Å². The Morgan fingerprint density at radius 1 is 1.34 bits per heavy atom. The van der Waals surface area contributed by atoms with Crippen molar-refractivity contribution in [3.63, 3.8) is 0 Å². The van der Waals surface area contributed by atoms with Gasteiger partial charge in [-0.3, -0.25) is 10.1 Å². The third-order valence-corrected chi connectivity index (χ3v) is 5.37. The first kappa shape index (κ1) is 21.0. The van der Waals surface area contributed by atoms with Crippen molar-refractivity contribution >= 4 is 28.9 Å². The Balaban J connectivity index is 1.93. The molecule has 29 heavy (non-hydrogen) atoms. The van der Waals surface area contributed by atoms with Crippen molar-refractivity contribution in [1.82, 2.24) is 0 Å². The summed E-state index contributed by atoms with van der Waals surface area (Å²) in [5, 5.41) is 22.6. The fourth-order valence-electron chi connectivity index (χ4n) is 3.58. The van der Waals surface area contributed by atoms with Crippen LogP contribution < -0.4 is 4.90 Å². The molecule has 0 atom stereocenters. The number of nitro benzene ring substituents is 1. The van der Waals surface area contributed by atoms with E-state index in [9.17, 15) is 24.4 Å². The molecule has 0 spiro atoms. The van der Waals surface area contributed by atoms with Crippen molar-refractivity contribution < 1.29 is 24.0 Å². The van der Waals surface area contributed by atoms with Crippen molar-refractivity contribution in [2.24, 2.45) is 0 Å². The Kier molecular flexibility index (Phi) is 6.04. The van der Waals surface area contributed by atoms with E-state index in [-0.39, 0.29) is 43.8 Å². The normalized spacial score (nSPS) is 15.8. The lowest BCUT2D eigenvalue weighted by Crippen LogP contribution is -2.43. The molecule has 9 heteroatoms. The molecule has 1 aliphatic heterocycles. The second kappa shape index (κ2) is 8.34. The number of carbonyl (C=O) groups is 1. The number of ether oxygens (including phenoxy) is 1. The molecule has 7 nitrogen and oxygen atoms in total. The summed E-state index contributed by atoms with van der Waals surface area (Å²) in [5.74, 6) is -1.72. The molecule has 154 valence electrons. The number of esters is 1. The maximum absolute atomic E-state index is 14.8. The Bertz CT molecular complexity index is 944. The first-order valence-electron chi connectivity index (χ1n) is 9.14. The van der Waals surface area contributed by atoms with Crippen LogP contribution in [0.2, 0.25) is 5.02 Å². The molecule has 0 bridgehead atoms. The lowest BCUT2D eigenvalue weighted by atomic mass is 9.84. The molecule has 0 radical (unpaired) electrons. The minimum Gasteiger partial charge on any atom is -0.462 e. The summed E-state index contributed by atoms with van der Waals surface area (Å²) >= 11 is 6.22. The van der Waals surface area contributed by atoms with Gasteiger partial charge in [0, 0.05) is 29.7 Å². The number of hydrogen-bond acceptors (Lipinski definition) is 6. The first-order valence-corrected chi connectivity index (χ1v) is 9.52. The van der Waals surface area contributed by atoms with Crippen molar-refractivity contribution in [2.45, 2.75) is 25.4 Å². The van der Waals surface area contributed by atoms with Gasteiger partial charge in [-0.05, 0) is 25.8 Å². The summed E-state index contributed by atoms with van der Waals surface area (Å²) in [5.41, 5.74) is -1.39. The Hall–Kier alpha value is -2.71. The maximum Gasteiger partial charge on any atom is 0.340 e. The molecule has 1 N–H and O–H groups in total. The monoisotopic (exact) mass is 422 g/mol. The number of non-ortho nitro benzene ring substituents is 1. The van der Waals surface area contributed by atoms with Gasteiger partial charge in [0.2, 0.25) is 0 Å². The lowest BCUT2D eigenvalue weighted by molar-refractivity contribution is -0.385. The molecule has 0 amide bonds. The molecule has 0 aromatic heterocycles. The van der Waals surface area contributed by atoms with Crippen LogP contribution in [0, 0.1) is 15.9 Å². The summed E-state index contributed by atoms with van der Waals surface area (Å²) in [4.78, 5) is 24.2. The molecule has 3 rings (SSSR count). The van der Waals surface area contributed by atoms with E-state index in [1.807, 2.05) is 0 Å². The van der Waals surface area contributed by atoms with Crippen LogP contribution in [0.5, 0.6) is 0 Å². The van der Waals surface area contributed by atoms with Gasteiger partial charge in [-0.2, -0.15) is 0 Å². The molecule has 1 aliphatic rings. The zero-order valence-corrected chi connectivity index (χ0v) is 16.5. The standard InChI is InChI=1S/C20H20ClFN2O5/c1-2-29-19(25)14-11-13(24(27)28)12-17(22)18(14)23-9-7-20(26,8-10-23)15-5-3-4-6-16(15)21/h3-6,11-12,26H,2,7-10H2,1H3. The second-order valence-electron chi connectivity index (χ2n) is 6.80. The minimum atomic E-state index is -1.18. The number of nitrogens with zero attached hydrogens (tertiary/aromatic N) is 2. The molecule has 0 saturated carbocycles. The van der Waals surface area contributed by atoms with E-state index in [4.69, 9.17) is 16.3 Å². The predicted octanol–water partition coefficient (Wildman–Crippen LogP) is 4.05. The van der Waals surface area contributed by atoms with E-state index in [1.165, 1.54) is 0 Å². The molecule has 0 unspecified atom stereocenters. The Morgan fingerprint density at radius 2 is 2.00 bits per heavy atom. The lowest BCUT2D eigenvalue weighted by Gasteiger charge is -2.40. The van der Waals surface area contributed by atoms with Crippen molar-refractivity contribution in [1.29, 1.82) is 0 Å². The van der Waals surface area contributed by atoms with Crippen LogP contribution in [-0.2, 0) is 10.3 Å². The number of nitro groups is 1. The second-order valence-corrected chi connectivity index (χ2v) is 7.21. The molecule has 2 aromatic rings. The fourth-order valence-corrected chi connectivity index (χ4v) is 3.90. The predicted molar refractivity (Wildman–Crippen MR) is 106 cm³/mol. The van der Waals surface area contributed by atoms with Crippen LogP contribution >= 0.6 is 11.6 Å². The largest absolute Gasteiger partial charge is 0.462 e. The highest BCUT2D eigenvalue weighted by Gasteiger charge is 2.37. The van der Waals surface area contributed by atoms with Crippen LogP contribution in [-0.4, -0.2) is 35.7 Å². The van der Waals surface area contributed by atoms with Gasteiger partial charge in [0.25, 0.3) is 5.69 Å². The Morgan fingerprint density at radius 3 is 2.59 bits per heavy atom. The highest BCUT2D eigenvalue weighted by molar-refractivity contribution is 6.31. The summed E-state index contributed by atoms with van der Waals surface area (Å²) in [6.07, 6.45) is 0.491. The highest BCUT2D eigenvalue weighted by Crippen LogP contribution is 2.39. The summed E-state index contributed by atoms with van der Waals surface area (Å²) in [6, 6.07) is 8.78. The number of hydrogen-bond donors (Lipinski definition) is 1. The van der Waals surface area contributed by atoms with Gasteiger partial charge >= 0.3 is 5.97 Å². The molecule has 1 saturated heterocycles.